The molecule has 4 nitrogen and oxygen atoms in total. The highest BCUT2D eigenvalue weighted by Gasteiger charge is 2.05. The second-order valence-corrected chi connectivity index (χ2v) is 7.18. The number of carbonyl (C=O) groups is 1. The molecule has 3 aromatic rings. The van der Waals surface area contributed by atoms with E-state index in [-0.39, 0.29) is 11.3 Å². The number of ether oxygens (including phenoxy) is 1. The number of halogens is 2. The Labute approximate surface area is 163 Å². The van der Waals surface area contributed by atoms with Crippen molar-refractivity contribution in [1.29, 1.82) is 0 Å². The lowest BCUT2D eigenvalue weighted by Crippen LogP contribution is -2.20. The first-order valence-electron chi connectivity index (χ1n) is 7.53. The summed E-state index contributed by atoms with van der Waals surface area (Å²) in [4.78, 5) is 27.1. The molecule has 0 amide bonds. The van der Waals surface area contributed by atoms with Crippen LogP contribution in [0, 0.1) is 0 Å². The van der Waals surface area contributed by atoms with E-state index in [1.807, 2.05) is 0 Å². The minimum atomic E-state index is -0.292. The lowest BCUT2D eigenvalue weighted by atomic mass is 10.1. The van der Waals surface area contributed by atoms with Crippen molar-refractivity contribution in [3.05, 3.63) is 83.2 Å². The van der Waals surface area contributed by atoms with Crippen LogP contribution in [0.2, 0.25) is 10.0 Å². The van der Waals surface area contributed by atoms with Crippen molar-refractivity contribution in [1.82, 2.24) is 4.98 Å². The molecule has 0 saturated heterocycles. The van der Waals surface area contributed by atoms with Crippen LogP contribution in [0.4, 0.5) is 0 Å². The van der Waals surface area contributed by atoms with E-state index < -0.39 is 0 Å². The van der Waals surface area contributed by atoms with Gasteiger partial charge < -0.3 is 9.72 Å². The van der Waals surface area contributed by atoms with Crippen LogP contribution >= 0.6 is 34.5 Å². The third-order valence-electron chi connectivity index (χ3n) is 3.59. The van der Waals surface area contributed by atoms with Gasteiger partial charge in [-0.05, 0) is 42.0 Å². The van der Waals surface area contributed by atoms with Crippen LogP contribution in [0.25, 0.3) is 12.2 Å². The van der Waals surface area contributed by atoms with E-state index in [4.69, 9.17) is 27.9 Å². The normalized spacial score (nSPS) is 12.4. The molecule has 3 rings (SSSR count). The molecule has 0 saturated carbocycles. The Kier molecular flexibility index (Phi) is 5.61. The third kappa shape index (κ3) is 4.07. The van der Waals surface area contributed by atoms with Crippen LogP contribution < -0.4 is 19.5 Å². The number of Topliss-reactive ketones (excluding diaryl/α,β-unsaturated/α-hetero) is 1. The average molecular weight is 406 g/mol. The lowest BCUT2D eigenvalue weighted by Gasteiger charge is -1.99. The van der Waals surface area contributed by atoms with E-state index >= 15 is 0 Å². The molecule has 0 unspecified atom stereocenters. The van der Waals surface area contributed by atoms with Crippen LogP contribution in [0.5, 0.6) is 5.75 Å². The molecule has 0 fully saturated rings. The van der Waals surface area contributed by atoms with Gasteiger partial charge in [0.15, 0.2) is 5.78 Å². The number of methoxy groups -OCH3 is 1. The monoisotopic (exact) mass is 405 g/mol. The van der Waals surface area contributed by atoms with Crippen molar-refractivity contribution in [3.8, 4) is 5.75 Å². The van der Waals surface area contributed by atoms with E-state index in [2.05, 4.69) is 4.98 Å². The number of benzene rings is 2. The van der Waals surface area contributed by atoms with Crippen molar-refractivity contribution < 1.29 is 9.53 Å². The molecule has 0 aliphatic carbocycles. The predicted molar refractivity (Wildman–Crippen MR) is 106 cm³/mol. The van der Waals surface area contributed by atoms with Gasteiger partial charge in [-0.25, -0.2) is 0 Å². The second-order valence-electron chi connectivity index (χ2n) is 5.31. The van der Waals surface area contributed by atoms with Crippen molar-refractivity contribution in [2.75, 3.05) is 7.11 Å². The summed E-state index contributed by atoms with van der Waals surface area (Å²) in [6.45, 7) is 0. The summed E-state index contributed by atoms with van der Waals surface area (Å²) >= 11 is 13.3. The molecule has 1 aromatic heterocycles. The summed E-state index contributed by atoms with van der Waals surface area (Å²) in [5.74, 6) is 0.457. The number of nitrogens with one attached hydrogen (secondary N) is 1. The summed E-state index contributed by atoms with van der Waals surface area (Å²) in [6.07, 6.45) is 3.04. The number of aromatic amines is 1. The Bertz CT molecular complexity index is 1130. The molecule has 2 aromatic carbocycles. The maximum atomic E-state index is 12.3. The van der Waals surface area contributed by atoms with Crippen molar-refractivity contribution in [3.63, 3.8) is 0 Å². The zero-order valence-electron chi connectivity index (χ0n) is 13.6. The Hall–Kier alpha value is -2.34. The van der Waals surface area contributed by atoms with Crippen LogP contribution in [0.15, 0.2) is 47.3 Å². The first-order chi connectivity index (χ1) is 12.5. The van der Waals surface area contributed by atoms with Gasteiger partial charge in [-0.1, -0.05) is 35.3 Å². The molecule has 26 heavy (non-hydrogen) atoms. The number of thiazole rings is 1. The average Bonchev–Trinajstić information content (AvgIpc) is 2.98. The fraction of sp³-hybridized carbons (Fsp3) is 0.0526. The Morgan fingerprint density at radius 2 is 1.88 bits per heavy atom. The van der Waals surface area contributed by atoms with Crippen molar-refractivity contribution in [2.45, 2.75) is 0 Å². The van der Waals surface area contributed by atoms with Gasteiger partial charge in [0.1, 0.15) is 5.75 Å². The van der Waals surface area contributed by atoms with Crippen molar-refractivity contribution in [2.24, 2.45) is 0 Å². The number of H-pyrrole nitrogens is 1. The van der Waals surface area contributed by atoms with Crippen LogP contribution in [-0.4, -0.2) is 17.9 Å². The predicted octanol–water partition coefficient (Wildman–Crippen LogP) is 3.24. The van der Waals surface area contributed by atoms with Crippen LogP contribution in [0.1, 0.15) is 15.9 Å². The Morgan fingerprint density at radius 1 is 1.15 bits per heavy atom. The highest BCUT2D eigenvalue weighted by atomic mass is 35.5. The van der Waals surface area contributed by atoms with Gasteiger partial charge in [0, 0.05) is 11.6 Å². The number of carbonyl (C=O) groups excluding carboxylic acids is 1. The number of ketones is 1. The highest BCUT2D eigenvalue weighted by molar-refractivity contribution is 7.07. The van der Waals surface area contributed by atoms with E-state index in [0.717, 1.165) is 0 Å². The minimum absolute atomic E-state index is 0.211. The first kappa shape index (κ1) is 18.5. The SMILES string of the molecule is COc1ccc(C(=O)/C=c2\[nH]c(=O)/c(=C\c3cccc(Cl)c3Cl)s2)cc1. The topological polar surface area (TPSA) is 59.2 Å². The zero-order chi connectivity index (χ0) is 18.7. The van der Waals surface area contributed by atoms with E-state index in [1.54, 1.807) is 55.7 Å². The fourth-order valence-corrected chi connectivity index (χ4v) is 3.49. The molecule has 0 aliphatic heterocycles. The molecule has 1 N–H and O–H groups in total. The van der Waals surface area contributed by atoms with Gasteiger partial charge in [-0.15, -0.1) is 11.3 Å². The molecule has 0 radical (unpaired) electrons. The van der Waals surface area contributed by atoms with E-state index in [9.17, 15) is 9.59 Å². The summed E-state index contributed by atoms with van der Waals surface area (Å²) in [5, 5.41) is 0.789. The van der Waals surface area contributed by atoms with Gasteiger partial charge in [0.25, 0.3) is 5.56 Å². The van der Waals surface area contributed by atoms with Gasteiger partial charge >= 0.3 is 0 Å². The molecule has 0 bridgehead atoms. The minimum Gasteiger partial charge on any atom is -0.497 e. The van der Waals surface area contributed by atoms with Crippen LogP contribution in [-0.2, 0) is 0 Å². The van der Waals surface area contributed by atoms with E-state index in [1.165, 1.54) is 17.4 Å². The summed E-state index contributed by atoms with van der Waals surface area (Å²) in [5.41, 5.74) is 0.850. The number of hydrogen-bond acceptors (Lipinski definition) is 4. The number of aromatic nitrogens is 1. The van der Waals surface area contributed by atoms with Gasteiger partial charge in [0.2, 0.25) is 0 Å². The Balaban J connectivity index is 1.98. The highest BCUT2D eigenvalue weighted by Crippen LogP contribution is 2.25. The lowest BCUT2D eigenvalue weighted by molar-refractivity contribution is 0.106. The summed E-state index contributed by atoms with van der Waals surface area (Å²) < 4.78 is 5.96. The first-order valence-corrected chi connectivity index (χ1v) is 9.10. The van der Waals surface area contributed by atoms with Crippen molar-refractivity contribution >= 4 is 52.5 Å². The van der Waals surface area contributed by atoms with Crippen LogP contribution in [0.3, 0.4) is 0 Å². The standard InChI is InChI=1S/C19H13Cl2NO3S/c1-25-13-7-5-11(6-8-13)15(23)10-17-22-19(24)16(26-17)9-12-3-2-4-14(20)18(12)21/h2-10H,1H3,(H,22,24)/b16-9+,17-10+. The molecule has 132 valence electrons. The van der Waals surface area contributed by atoms with Gasteiger partial charge in [-0.3, -0.25) is 9.59 Å². The quantitative estimate of drug-likeness (QED) is 0.677. The van der Waals surface area contributed by atoms with E-state index in [0.29, 0.717) is 36.1 Å². The number of hydrogen-bond donors (Lipinski definition) is 1. The summed E-state index contributed by atoms with van der Waals surface area (Å²) in [6, 6.07) is 11.9. The molecule has 0 atom stereocenters. The fourth-order valence-electron chi connectivity index (χ4n) is 2.26. The van der Waals surface area contributed by atoms with Gasteiger partial charge in [0.05, 0.1) is 26.4 Å². The number of rotatable bonds is 4. The summed E-state index contributed by atoms with van der Waals surface area (Å²) in [7, 11) is 1.56. The molecular weight excluding hydrogens is 393 g/mol. The molecule has 0 aliphatic rings. The van der Waals surface area contributed by atoms with Gasteiger partial charge in [-0.2, -0.15) is 0 Å². The Morgan fingerprint density at radius 3 is 2.58 bits per heavy atom. The molecule has 1 heterocycles. The zero-order valence-corrected chi connectivity index (χ0v) is 15.9. The molecular formula is C19H13Cl2NO3S. The maximum Gasteiger partial charge on any atom is 0.266 e. The largest absolute Gasteiger partial charge is 0.497 e. The second kappa shape index (κ2) is 7.91. The molecule has 0 spiro atoms. The maximum absolute atomic E-state index is 12.3. The molecule has 7 heteroatoms. The smallest absolute Gasteiger partial charge is 0.266 e. The third-order valence-corrected chi connectivity index (χ3v) is 5.38.